The van der Waals surface area contributed by atoms with E-state index in [1.165, 1.54) is 4.90 Å². The van der Waals surface area contributed by atoms with Crippen molar-refractivity contribution in [3.8, 4) is 11.4 Å². The summed E-state index contributed by atoms with van der Waals surface area (Å²) in [6.07, 6.45) is -0.649. The summed E-state index contributed by atoms with van der Waals surface area (Å²) < 4.78 is 5.16. The molecule has 0 atom stereocenters. The molecular weight excluding hydrogens is 427 g/mol. The van der Waals surface area contributed by atoms with Crippen LogP contribution < -0.4 is 10.2 Å². The molecule has 0 radical (unpaired) electrons. The summed E-state index contributed by atoms with van der Waals surface area (Å²) >= 11 is 12.2. The maximum absolute atomic E-state index is 12.6. The first-order chi connectivity index (χ1) is 14.0. The highest BCUT2D eigenvalue weighted by atomic mass is 35.5. The average Bonchev–Trinajstić information content (AvgIpc) is 3.07. The lowest BCUT2D eigenvalue weighted by molar-refractivity contribution is -0.117. The zero-order chi connectivity index (χ0) is 22.1. The Bertz CT molecular complexity index is 1070. The van der Waals surface area contributed by atoms with E-state index in [9.17, 15) is 9.59 Å². The van der Waals surface area contributed by atoms with Crippen LogP contribution in [0, 0.1) is 0 Å². The Kier molecular flexibility index (Phi) is 6.24. The van der Waals surface area contributed by atoms with Crippen molar-refractivity contribution in [3.05, 3.63) is 46.4 Å². The number of aromatic amines is 1. The zero-order valence-electron chi connectivity index (χ0n) is 17.0. The first kappa shape index (κ1) is 21.9. The van der Waals surface area contributed by atoms with Gasteiger partial charge in [-0.3, -0.25) is 4.79 Å². The van der Waals surface area contributed by atoms with Gasteiger partial charge >= 0.3 is 6.09 Å². The van der Waals surface area contributed by atoms with Crippen LogP contribution in [0.4, 0.5) is 10.5 Å². The normalized spacial score (nSPS) is 11.4. The number of halogens is 2. The second kappa shape index (κ2) is 8.53. The van der Waals surface area contributed by atoms with E-state index in [2.05, 4.69) is 15.3 Å². The Balaban J connectivity index is 1.82. The van der Waals surface area contributed by atoms with Gasteiger partial charge in [0.15, 0.2) is 0 Å². The number of fused-ring (bicyclic) bond motifs is 1. The fourth-order valence-electron chi connectivity index (χ4n) is 2.81. The van der Waals surface area contributed by atoms with Crippen molar-refractivity contribution in [1.29, 1.82) is 0 Å². The number of hydrogen-bond acceptors (Lipinski definition) is 4. The molecule has 2 N–H and O–H groups in total. The van der Waals surface area contributed by atoms with Gasteiger partial charge in [-0.2, -0.15) is 0 Å². The van der Waals surface area contributed by atoms with Crippen molar-refractivity contribution >= 4 is 51.9 Å². The number of para-hydroxylation sites is 1. The lowest BCUT2D eigenvalue weighted by Gasteiger charge is -2.22. The number of imidazole rings is 1. The molecule has 158 valence electrons. The molecule has 0 saturated carbocycles. The van der Waals surface area contributed by atoms with Gasteiger partial charge in [-0.25, -0.2) is 9.78 Å². The molecule has 0 bridgehead atoms. The van der Waals surface area contributed by atoms with Crippen molar-refractivity contribution in [1.82, 2.24) is 15.3 Å². The molecule has 3 rings (SSSR count). The summed E-state index contributed by atoms with van der Waals surface area (Å²) in [5.74, 6) is 0.259. The van der Waals surface area contributed by atoms with Gasteiger partial charge in [0.05, 0.1) is 26.8 Å². The van der Waals surface area contributed by atoms with E-state index in [4.69, 9.17) is 27.9 Å². The standard InChI is InChI=1S/C21H22Cl2N4O3/c1-21(2,3)30-20(29)24-11-18(28)27(4)17-8-6-5-7-12(17)19-25-15-9-13(22)14(23)10-16(15)26-19/h5-10H,11H2,1-4H3,(H,24,29)(H,25,26). The zero-order valence-corrected chi connectivity index (χ0v) is 18.6. The maximum Gasteiger partial charge on any atom is 0.408 e. The Labute approximate surface area is 184 Å². The number of anilines is 1. The van der Waals surface area contributed by atoms with Crippen LogP contribution in [-0.2, 0) is 9.53 Å². The highest BCUT2D eigenvalue weighted by Crippen LogP contribution is 2.32. The third-order valence-electron chi connectivity index (χ3n) is 4.20. The minimum atomic E-state index is -0.649. The predicted molar refractivity (Wildman–Crippen MR) is 119 cm³/mol. The van der Waals surface area contributed by atoms with Gasteiger partial charge < -0.3 is 19.9 Å². The maximum atomic E-state index is 12.6. The Hall–Kier alpha value is -2.77. The molecule has 7 nitrogen and oxygen atoms in total. The van der Waals surface area contributed by atoms with Crippen LogP contribution >= 0.6 is 23.2 Å². The van der Waals surface area contributed by atoms with E-state index in [1.807, 2.05) is 18.2 Å². The van der Waals surface area contributed by atoms with Crippen LogP contribution in [-0.4, -0.2) is 41.2 Å². The number of carbonyl (C=O) groups excluding carboxylic acids is 2. The molecule has 0 unspecified atom stereocenters. The van der Waals surface area contributed by atoms with Gasteiger partial charge in [-0.15, -0.1) is 0 Å². The number of likely N-dealkylation sites (N-methyl/N-ethyl adjacent to an activating group) is 1. The van der Waals surface area contributed by atoms with Crippen LogP contribution in [0.15, 0.2) is 36.4 Å². The molecule has 2 aromatic carbocycles. The van der Waals surface area contributed by atoms with Crippen molar-refractivity contribution in [2.45, 2.75) is 26.4 Å². The quantitative estimate of drug-likeness (QED) is 0.585. The molecule has 0 spiro atoms. The smallest absolute Gasteiger partial charge is 0.408 e. The molecule has 30 heavy (non-hydrogen) atoms. The number of aromatic nitrogens is 2. The van der Waals surface area contributed by atoms with Gasteiger partial charge in [0.2, 0.25) is 5.91 Å². The van der Waals surface area contributed by atoms with E-state index in [0.717, 1.165) is 5.52 Å². The molecule has 0 aliphatic rings. The second-order valence-electron chi connectivity index (χ2n) is 7.69. The molecular formula is C21H22Cl2N4O3. The second-order valence-corrected chi connectivity index (χ2v) is 8.51. The van der Waals surface area contributed by atoms with Crippen molar-refractivity contribution < 1.29 is 14.3 Å². The summed E-state index contributed by atoms with van der Waals surface area (Å²) in [5.41, 5.74) is 2.10. The molecule has 0 saturated heterocycles. The number of H-pyrrole nitrogens is 1. The number of rotatable bonds is 4. The summed E-state index contributed by atoms with van der Waals surface area (Å²) in [6, 6.07) is 10.7. The van der Waals surface area contributed by atoms with Crippen LogP contribution in [0.1, 0.15) is 20.8 Å². The SMILES string of the molecule is CN(C(=O)CNC(=O)OC(C)(C)C)c1ccccc1-c1nc2cc(Cl)c(Cl)cc2[nH]1. The van der Waals surface area contributed by atoms with Crippen LogP contribution in [0.5, 0.6) is 0 Å². The van der Waals surface area contributed by atoms with Gasteiger partial charge in [0.25, 0.3) is 0 Å². The number of amides is 2. The van der Waals surface area contributed by atoms with Gasteiger partial charge in [0.1, 0.15) is 18.0 Å². The minimum Gasteiger partial charge on any atom is -0.444 e. The number of carbonyl (C=O) groups is 2. The van der Waals surface area contributed by atoms with Gasteiger partial charge in [-0.05, 0) is 45.0 Å². The Morgan fingerprint density at radius 3 is 2.53 bits per heavy atom. The molecule has 0 fully saturated rings. The van der Waals surface area contributed by atoms with Gasteiger partial charge in [-0.1, -0.05) is 35.3 Å². The number of hydrogen-bond donors (Lipinski definition) is 2. The largest absolute Gasteiger partial charge is 0.444 e. The van der Waals surface area contributed by atoms with E-state index in [1.54, 1.807) is 46.0 Å². The third-order valence-corrected chi connectivity index (χ3v) is 4.92. The summed E-state index contributed by atoms with van der Waals surface area (Å²) in [5, 5.41) is 3.31. The van der Waals surface area contributed by atoms with Crippen LogP contribution in [0.3, 0.4) is 0 Å². The molecule has 1 aromatic heterocycles. The summed E-state index contributed by atoms with van der Waals surface area (Å²) in [7, 11) is 1.63. The predicted octanol–water partition coefficient (Wildman–Crippen LogP) is 5.02. The molecule has 2 amide bonds. The fraction of sp³-hybridized carbons (Fsp3) is 0.286. The van der Waals surface area contributed by atoms with E-state index in [0.29, 0.717) is 32.6 Å². The summed E-state index contributed by atoms with van der Waals surface area (Å²) in [6.45, 7) is 5.06. The van der Waals surface area contributed by atoms with E-state index >= 15 is 0 Å². The average molecular weight is 449 g/mol. The lowest BCUT2D eigenvalue weighted by atomic mass is 10.1. The highest BCUT2D eigenvalue weighted by Gasteiger charge is 2.20. The highest BCUT2D eigenvalue weighted by molar-refractivity contribution is 6.42. The van der Waals surface area contributed by atoms with Crippen LogP contribution in [0.25, 0.3) is 22.4 Å². The third kappa shape index (κ3) is 5.04. The van der Waals surface area contributed by atoms with Gasteiger partial charge in [0, 0.05) is 12.6 Å². The first-order valence-corrected chi connectivity index (χ1v) is 9.98. The number of benzene rings is 2. The van der Waals surface area contributed by atoms with Crippen LogP contribution in [0.2, 0.25) is 10.0 Å². The molecule has 1 heterocycles. The van der Waals surface area contributed by atoms with E-state index in [-0.39, 0.29) is 12.5 Å². The monoisotopic (exact) mass is 448 g/mol. The molecule has 0 aliphatic heterocycles. The molecule has 0 aliphatic carbocycles. The van der Waals surface area contributed by atoms with Crippen molar-refractivity contribution in [2.24, 2.45) is 0 Å². The molecule has 3 aromatic rings. The lowest BCUT2D eigenvalue weighted by Crippen LogP contribution is -2.40. The number of nitrogens with one attached hydrogen (secondary N) is 2. The number of alkyl carbamates (subject to hydrolysis) is 1. The fourth-order valence-corrected chi connectivity index (χ4v) is 3.14. The summed E-state index contributed by atoms with van der Waals surface area (Å²) in [4.78, 5) is 33.7. The van der Waals surface area contributed by atoms with E-state index < -0.39 is 11.7 Å². The minimum absolute atomic E-state index is 0.203. The first-order valence-electron chi connectivity index (χ1n) is 9.23. The number of ether oxygens (including phenoxy) is 1. The molecule has 9 heteroatoms. The Morgan fingerprint density at radius 2 is 1.83 bits per heavy atom. The van der Waals surface area contributed by atoms with Crippen molar-refractivity contribution in [3.63, 3.8) is 0 Å². The Morgan fingerprint density at radius 1 is 1.17 bits per heavy atom. The van der Waals surface area contributed by atoms with Crippen molar-refractivity contribution in [2.75, 3.05) is 18.5 Å². The topological polar surface area (TPSA) is 87.3 Å². The number of nitrogens with zero attached hydrogens (tertiary/aromatic N) is 2.